The van der Waals surface area contributed by atoms with Crippen LogP contribution in [0, 0.1) is 6.92 Å². The fourth-order valence-corrected chi connectivity index (χ4v) is 5.66. The number of hydrogen-bond acceptors (Lipinski definition) is 8. The highest BCUT2D eigenvalue weighted by Gasteiger charge is 2.32. The lowest BCUT2D eigenvalue weighted by atomic mass is 10.2. The van der Waals surface area contributed by atoms with Gasteiger partial charge in [-0.05, 0) is 30.4 Å². The van der Waals surface area contributed by atoms with E-state index >= 15 is 0 Å². The Balaban J connectivity index is 2.34. The Kier molecular flexibility index (Phi) is 6.33. The van der Waals surface area contributed by atoms with Gasteiger partial charge in [-0.1, -0.05) is 6.07 Å². The SMILES string of the molecule is COC(=O)c1sc(S(=O)(=O)NCCc2cccs2)c(C(=O)OC)c1C. The van der Waals surface area contributed by atoms with Gasteiger partial charge in [-0.3, -0.25) is 0 Å². The molecule has 0 bridgehead atoms. The van der Waals surface area contributed by atoms with Crippen molar-refractivity contribution in [1.29, 1.82) is 0 Å². The molecule has 0 unspecified atom stereocenters. The van der Waals surface area contributed by atoms with Gasteiger partial charge in [0.25, 0.3) is 10.0 Å². The summed E-state index contributed by atoms with van der Waals surface area (Å²) in [5.41, 5.74) is 0.0823. The molecule has 0 aromatic carbocycles. The fourth-order valence-electron chi connectivity index (χ4n) is 2.13. The molecule has 2 aromatic rings. The Bertz CT molecular complexity index is 867. The van der Waals surface area contributed by atoms with Crippen LogP contribution in [-0.4, -0.2) is 41.1 Å². The highest BCUT2D eigenvalue weighted by Crippen LogP contribution is 2.33. The molecular formula is C15H17NO6S3. The monoisotopic (exact) mass is 403 g/mol. The van der Waals surface area contributed by atoms with Crippen molar-refractivity contribution in [1.82, 2.24) is 4.72 Å². The molecule has 2 heterocycles. The zero-order chi connectivity index (χ0) is 18.6. The number of sulfonamides is 1. The number of ether oxygens (including phenoxy) is 2. The van der Waals surface area contributed by atoms with Gasteiger partial charge in [-0.25, -0.2) is 22.7 Å². The second-order valence-electron chi connectivity index (χ2n) is 4.93. The van der Waals surface area contributed by atoms with Crippen molar-refractivity contribution in [2.45, 2.75) is 17.6 Å². The van der Waals surface area contributed by atoms with Gasteiger partial charge >= 0.3 is 11.9 Å². The topological polar surface area (TPSA) is 98.8 Å². The van der Waals surface area contributed by atoms with E-state index in [2.05, 4.69) is 14.2 Å². The van der Waals surface area contributed by atoms with Gasteiger partial charge < -0.3 is 9.47 Å². The van der Waals surface area contributed by atoms with Crippen LogP contribution in [0.15, 0.2) is 21.7 Å². The number of carbonyl (C=O) groups is 2. The van der Waals surface area contributed by atoms with E-state index in [1.165, 1.54) is 25.4 Å². The predicted octanol–water partition coefficient (Wildman–Crippen LogP) is 2.21. The summed E-state index contributed by atoms with van der Waals surface area (Å²) in [5, 5.41) is 1.91. The molecule has 0 atom stereocenters. The van der Waals surface area contributed by atoms with E-state index in [-0.39, 0.29) is 26.8 Å². The molecule has 2 rings (SSSR count). The molecule has 0 saturated heterocycles. The highest BCUT2D eigenvalue weighted by atomic mass is 32.2. The second kappa shape index (κ2) is 8.09. The first-order chi connectivity index (χ1) is 11.8. The normalized spacial score (nSPS) is 11.3. The van der Waals surface area contributed by atoms with E-state index in [0.717, 1.165) is 12.0 Å². The number of methoxy groups -OCH3 is 2. The smallest absolute Gasteiger partial charge is 0.348 e. The number of esters is 2. The summed E-state index contributed by atoms with van der Waals surface area (Å²) in [4.78, 5) is 25.0. The van der Waals surface area contributed by atoms with Crippen molar-refractivity contribution in [3.05, 3.63) is 38.4 Å². The van der Waals surface area contributed by atoms with Gasteiger partial charge in [0.15, 0.2) is 4.21 Å². The van der Waals surface area contributed by atoms with E-state index in [4.69, 9.17) is 0 Å². The number of hydrogen-bond donors (Lipinski definition) is 1. The van der Waals surface area contributed by atoms with Crippen LogP contribution < -0.4 is 4.72 Å². The van der Waals surface area contributed by atoms with Crippen molar-refractivity contribution in [2.24, 2.45) is 0 Å². The molecule has 0 radical (unpaired) electrons. The van der Waals surface area contributed by atoms with Crippen LogP contribution >= 0.6 is 22.7 Å². The van der Waals surface area contributed by atoms with Crippen molar-refractivity contribution < 1.29 is 27.5 Å². The summed E-state index contributed by atoms with van der Waals surface area (Å²) in [6.07, 6.45) is 0.526. The Hall–Kier alpha value is -1.75. The van der Waals surface area contributed by atoms with E-state index < -0.39 is 22.0 Å². The lowest BCUT2D eigenvalue weighted by Crippen LogP contribution is -2.26. The van der Waals surface area contributed by atoms with Crippen LogP contribution in [0.3, 0.4) is 0 Å². The van der Waals surface area contributed by atoms with E-state index in [1.807, 2.05) is 17.5 Å². The van der Waals surface area contributed by atoms with Gasteiger partial charge in [0.05, 0.1) is 19.8 Å². The average Bonchev–Trinajstić information content (AvgIpc) is 3.21. The summed E-state index contributed by atoms with van der Waals surface area (Å²) in [5.74, 6) is -1.52. The first kappa shape index (κ1) is 19.6. The molecule has 25 heavy (non-hydrogen) atoms. The summed E-state index contributed by atoms with van der Waals surface area (Å²) in [7, 11) is -1.64. The highest BCUT2D eigenvalue weighted by molar-refractivity contribution is 7.91. The summed E-state index contributed by atoms with van der Waals surface area (Å²) < 4.78 is 36.8. The minimum atomic E-state index is -3.98. The maximum Gasteiger partial charge on any atom is 0.348 e. The van der Waals surface area contributed by atoms with E-state index in [1.54, 1.807) is 0 Å². The molecule has 0 aliphatic heterocycles. The molecule has 2 aromatic heterocycles. The standard InChI is InChI=1S/C15H17NO6S3/c1-9-11(13(17)21-2)15(24-12(9)14(18)22-3)25(19,20)16-7-6-10-5-4-8-23-10/h4-5,8,16H,6-7H2,1-3H3. The molecule has 0 amide bonds. The maximum atomic E-state index is 12.6. The van der Waals surface area contributed by atoms with Crippen LogP contribution in [0.5, 0.6) is 0 Å². The maximum absolute atomic E-state index is 12.6. The average molecular weight is 404 g/mol. The minimum absolute atomic E-state index is 0.0570. The number of rotatable bonds is 7. The van der Waals surface area contributed by atoms with Gasteiger partial charge in [-0.2, -0.15) is 0 Å². The summed E-state index contributed by atoms with van der Waals surface area (Å²) >= 11 is 2.22. The van der Waals surface area contributed by atoms with Crippen molar-refractivity contribution in [3.63, 3.8) is 0 Å². The van der Waals surface area contributed by atoms with Crippen LogP contribution in [0.2, 0.25) is 0 Å². The summed E-state index contributed by atoms with van der Waals surface area (Å²) in [6.45, 7) is 1.66. The Morgan fingerprint density at radius 2 is 1.88 bits per heavy atom. The van der Waals surface area contributed by atoms with E-state index in [0.29, 0.717) is 17.8 Å². The number of carbonyl (C=O) groups excluding carboxylic acids is 2. The molecule has 0 aliphatic rings. The van der Waals surface area contributed by atoms with Gasteiger partial charge in [0, 0.05) is 11.4 Å². The molecule has 0 spiro atoms. The molecule has 1 N–H and O–H groups in total. The van der Waals surface area contributed by atoms with Crippen LogP contribution in [0.25, 0.3) is 0 Å². The summed E-state index contributed by atoms with van der Waals surface area (Å²) in [6, 6.07) is 3.79. The lowest BCUT2D eigenvalue weighted by Gasteiger charge is -2.06. The third kappa shape index (κ3) is 4.27. The molecule has 10 heteroatoms. The zero-order valence-electron chi connectivity index (χ0n) is 13.8. The third-order valence-electron chi connectivity index (χ3n) is 3.36. The van der Waals surface area contributed by atoms with Crippen molar-refractivity contribution in [2.75, 3.05) is 20.8 Å². The van der Waals surface area contributed by atoms with Crippen molar-refractivity contribution in [3.8, 4) is 0 Å². The Morgan fingerprint density at radius 3 is 2.44 bits per heavy atom. The quantitative estimate of drug-likeness (QED) is 0.712. The zero-order valence-corrected chi connectivity index (χ0v) is 16.3. The first-order valence-electron chi connectivity index (χ1n) is 7.14. The Labute approximate surface area is 153 Å². The van der Waals surface area contributed by atoms with Gasteiger partial charge in [0.2, 0.25) is 0 Å². The first-order valence-corrected chi connectivity index (χ1v) is 10.3. The van der Waals surface area contributed by atoms with Crippen LogP contribution in [0.4, 0.5) is 0 Å². The number of nitrogens with one attached hydrogen (secondary N) is 1. The lowest BCUT2D eigenvalue weighted by molar-refractivity contribution is 0.0596. The molecule has 0 saturated carbocycles. The molecule has 0 fully saturated rings. The van der Waals surface area contributed by atoms with Gasteiger partial charge in [0.1, 0.15) is 4.88 Å². The molecule has 7 nitrogen and oxygen atoms in total. The minimum Gasteiger partial charge on any atom is -0.465 e. The van der Waals surface area contributed by atoms with E-state index in [9.17, 15) is 18.0 Å². The van der Waals surface area contributed by atoms with Gasteiger partial charge in [-0.15, -0.1) is 22.7 Å². The third-order valence-corrected chi connectivity index (χ3v) is 7.55. The number of thiophene rings is 2. The van der Waals surface area contributed by atoms with Crippen LogP contribution in [-0.2, 0) is 25.9 Å². The van der Waals surface area contributed by atoms with Crippen molar-refractivity contribution >= 4 is 44.6 Å². The Morgan fingerprint density at radius 1 is 1.20 bits per heavy atom. The predicted molar refractivity (Wildman–Crippen MR) is 94.9 cm³/mol. The van der Waals surface area contributed by atoms with Crippen LogP contribution in [0.1, 0.15) is 30.5 Å². The fraction of sp³-hybridized carbons (Fsp3) is 0.333. The molecule has 136 valence electrons. The largest absolute Gasteiger partial charge is 0.465 e. The molecule has 0 aliphatic carbocycles. The second-order valence-corrected chi connectivity index (χ2v) is 8.94. The molecular weight excluding hydrogens is 386 g/mol.